The number of likely N-dealkylation sites (tertiary alicyclic amines) is 1. The Kier molecular flexibility index (Phi) is 5.13. The standard InChI is InChI=1S/C18H22ClN3O/c1-13(2)16-5-3-14(4-6-16)9-22-10-15(11-22)12-23-18-8-20-7-17(19)21-18/h3-8,13,15H,9-12H2,1-2H3. The minimum atomic E-state index is 0.364. The molecule has 1 aliphatic heterocycles. The second-order valence-electron chi connectivity index (χ2n) is 6.45. The monoisotopic (exact) mass is 331 g/mol. The minimum absolute atomic E-state index is 0.364. The van der Waals surface area contributed by atoms with Crippen molar-refractivity contribution in [1.82, 2.24) is 14.9 Å². The molecule has 2 heterocycles. The van der Waals surface area contributed by atoms with E-state index < -0.39 is 0 Å². The molecule has 4 nitrogen and oxygen atoms in total. The van der Waals surface area contributed by atoms with Crippen LogP contribution in [0.2, 0.25) is 5.15 Å². The van der Waals surface area contributed by atoms with E-state index in [9.17, 15) is 0 Å². The van der Waals surface area contributed by atoms with E-state index >= 15 is 0 Å². The van der Waals surface area contributed by atoms with Crippen LogP contribution in [0.25, 0.3) is 0 Å². The summed E-state index contributed by atoms with van der Waals surface area (Å²) >= 11 is 5.79. The lowest BCUT2D eigenvalue weighted by molar-refractivity contribution is 0.0543. The first-order valence-electron chi connectivity index (χ1n) is 8.01. The molecule has 1 saturated heterocycles. The molecule has 0 bridgehead atoms. The number of hydrogen-bond acceptors (Lipinski definition) is 4. The summed E-state index contributed by atoms with van der Waals surface area (Å²) in [5.74, 6) is 1.63. The van der Waals surface area contributed by atoms with Crippen molar-refractivity contribution in [3.63, 3.8) is 0 Å². The Morgan fingerprint density at radius 3 is 2.61 bits per heavy atom. The fourth-order valence-corrected chi connectivity index (χ4v) is 2.92. The Balaban J connectivity index is 1.41. The molecular weight excluding hydrogens is 310 g/mol. The van der Waals surface area contributed by atoms with Gasteiger partial charge in [-0.15, -0.1) is 0 Å². The van der Waals surface area contributed by atoms with Crippen molar-refractivity contribution in [2.24, 2.45) is 5.92 Å². The van der Waals surface area contributed by atoms with Crippen molar-refractivity contribution in [2.75, 3.05) is 19.7 Å². The van der Waals surface area contributed by atoms with Gasteiger partial charge >= 0.3 is 0 Å². The minimum Gasteiger partial charge on any atom is -0.476 e. The lowest BCUT2D eigenvalue weighted by Crippen LogP contribution is -2.48. The van der Waals surface area contributed by atoms with E-state index in [1.807, 2.05) is 0 Å². The van der Waals surface area contributed by atoms with Crippen LogP contribution in [0.15, 0.2) is 36.7 Å². The van der Waals surface area contributed by atoms with Crippen LogP contribution in [0.3, 0.4) is 0 Å². The van der Waals surface area contributed by atoms with E-state index in [-0.39, 0.29) is 0 Å². The van der Waals surface area contributed by atoms with E-state index in [0.717, 1.165) is 19.6 Å². The molecule has 2 aromatic rings. The van der Waals surface area contributed by atoms with E-state index in [4.69, 9.17) is 16.3 Å². The van der Waals surface area contributed by atoms with E-state index in [1.165, 1.54) is 17.3 Å². The van der Waals surface area contributed by atoms with Crippen molar-refractivity contribution in [2.45, 2.75) is 26.3 Å². The highest BCUT2D eigenvalue weighted by atomic mass is 35.5. The Morgan fingerprint density at radius 1 is 1.22 bits per heavy atom. The van der Waals surface area contributed by atoms with Crippen LogP contribution in [0, 0.1) is 5.92 Å². The topological polar surface area (TPSA) is 38.2 Å². The lowest BCUT2D eigenvalue weighted by Gasteiger charge is -2.39. The van der Waals surface area contributed by atoms with Gasteiger partial charge in [0, 0.05) is 25.6 Å². The fourth-order valence-electron chi connectivity index (χ4n) is 2.78. The number of hydrogen-bond donors (Lipinski definition) is 0. The van der Waals surface area contributed by atoms with Gasteiger partial charge in [-0.1, -0.05) is 49.7 Å². The van der Waals surface area contributed by atoms with Crippen LogP contribution in [0.5, 0.6) is 5.88 Å². The van der Waals surface area contributed by atoms with Crippen LogP contribution in [-0.4, -0.2) is 34.6 Å². The maximum atomic E-state index is 5.79. The SMILES string of the molecule is CC(C)c1ccc(CN2CC(COc3cncc(Cl)n3)C2)cc1. The van der Waals surface area contributed by atoms with Crippen molar-refractivity contribution < 1.29 is 4.74 Å². The van der Waals surface area contributed by atoms with Gasteiger partial charge in [0.15, 0.2) is 5.15 Å². The second-order valence-corrected chi connectivity index (χ2v) is 6.83. The van der Waals surface area contributed by atoms with Gasteiger partial charge in [0.05, 0.1) is 19.0 Å². The number of ether oxygens (including phenoxy) is 1. The molecule has 3 rings (SSSR count). The molecule has 0 radical (unpaired) electrons. The molecule has 0 amide bonds. The smallest absolute Gasteiger partial charge is 0.233 e. The fraction of sp³-hybridized carbons (Fsp3) is 0.444. The molecule has 0 spiro atoms. The number of rotatable bonds is 6. The van der Waals surface area contributed by atoms with Gasteiger partial charge in [0.2, 0.25) is 5.88 Å². The molecule has 0 atom stereocenters. The summed E-state index contributed by atoms with van der Waals surface area (Å²) in [6.45, 7) is 8.22. The summed E-state index contributed by atoms with van der Waals surface area (Å²) in [7, 11) is 0. The van der Waals surface area contributed by atoms with Crippen molar-refractivity contribution in [3.05, 3.63) is 52.9 Å². The highest BCUT2D eigenvalue weighted by Gasteiger charge is 2.27. The first-order chi connectivity index (χ1) is 11.1. The Bertz CT molecular complexity index is 639. The maximum Gasteiger partial charge on any atom is 0.233 e. The summed E-state index contributed by atoms with van der Waals surface area (Å²) in [5.41, 5.74) is 2.76. The van der Waals surface area contributed by atoms with Crippen molar-refractivity contribution in [3.8, 4) is 5.88 Å². The molecular formula is C18H22ClN3O. The predicted octanol–water partition coefficient (Wildman–Crippen LogP) is 3.76. The normalized spacial score (nSPS) is 15.7. The highest BCUT2D eigenvalue weighted by Crippen LogP contribution is 2.21. The van der Waals surface area contributed by atoms with Crippen molar-refractivity contribution >= 4 is 11.6 Å². The third-order valence-electron chi connectivity index (χ3n) is 4.14. The molecule has 5 heteroatoms. The molecule has 23 heavy (non-hydrogen) atoms. The zero-order valence-electron chi connectivity index (χ0n) is 13.6. The average Bonchev–Trinajstić information content (AvgIpc) is 2.50. The third-order valence-corrected chi connectivity index (χ3v) is 4.32. The molecule has 0 N–H and O–H groups in total. The van der Waals surface area contributed by atoms with Gasteiger partial charge in [-0.05, 0) is 17.0 Å². The van der Waals surface area contributed by atoms with Crippen LogP contribution in [0.4, 0.5) is 0 Å². The Labute approximate surface area is 142 Å². The molecule has 1 aliphatic rings. The first kappa shape index (κ1) is 16.2. The quantitative estimate of drug-likeness (QED) is 0.807. The summed E-state index contributed by atoms with van der Waals surface area (Å²) < 4.78 is 5.65. The van der Waals surface area contributed by atoms with Gasteiger partial charge in [0.25, 0.3) is 0 Å². The molecule has 0 saturated carbocycles. The average molecular weight is 332 g/mol. The molecule has 0 unspecified atom stereocenters. The lowest BCUT2D eigenvalue weighted by atomic mass is 9.98. The van der Waals surface area contributed by atoms with E-state index in [0.29, 0.717) is 29.5 Å². The largest absolute Gasteiger partial charge is 0.476 e. The summed E-state index contributed by atoms with van der Waals surface area (Å²) in [4.78, 5) is 10.5. The van der Waals surface area contributed by atoms with Crippen LogP contribution < -0.4 is 4.74 Å². The molecule has 1 aromatic carbocycles. The van der Waals surface area contributed by atoms with E-state index in [1.54, 1.807) is 6.20 Å². The first-order valence-corrected chi connectivity index (χ1v) is 8.39. The van der Waals surface area contributed by atoms with Crippen LogP contribution in [-0.2, 0) is 6.54 Å². The van der Waals surface area contributed by atoms with Crippen LogP contribution in [0.1, 0.15) is 30.9 Å². The number of aromatic nitrogens is 2. The summed E-state index contributed by atoms with van der Waals surface area (Å²) in [6, 6.07) is 8.94. The van der Waals surface area contributed by atoms with Crippen LogP contribution >= 0.6 is 11.6 Å². The maximum absolute atomic E-state index is 5.79. The molecule has 1 fully saturated rings. The van der Waals surface area contributed by atoms with E-state index in [2.05, 4.69) is 53.0 Å². The zero-order valence-corrected chi connectivity index (χ0v) is 14.3. The highest BCUT2D eigenvalue weighted by molar-refractivity contribution is 6.29. The predicted molar refractivity (Wildman–Crippen MR) is 91.8 cm³/mol. The second kappa shape index (κ2) is 7.28. The summed E-state index contributed by atoms with van der Waals surface area (Å²) in [6.07, 6.45) is 3.10. The number of halogens is 1. The van der Waals surface area contributed by atoms with Crippen molar-refractivity contribution in [1.29, 1.82) is 0 Å². The molecule has 0 aliphatic carbocycles. The van der Waals surface area contributed by atoms with Gasteiger partial charge in [0.1, 0.15) is 0 Å². The summed E-state index contributed by atoms with van der Waals surface area (Å²) in [5, 5.41) is 0.364. The Hall–Kier alpha value is -1.65. The Morgan fingerprint density at radius 2 is 1.96 bits per heavy atom. The molecule has 1 aromatic heterocycles. The molecule has 122 valence electrons. The zero-order chi connectivity index (χ0) is 16.2. The number of nitrogens with zero attached hydrogens (tertiary/aromatic N) is 3. The van der Waals surface area contributed by atoms with Gasteiger partial charge in [-0.25, -0.2) is 0 Å². The number of benzene rings is 1. The van der Waals surface area contributed by atoms with Gasteiger partial charge in [-0.3, -0.25) is 9.88 Å². The van der Waals surface area contributed by atoms with Gasteiger partial charge in [-0.2, -0.15) is 4.98 Å². The third kappa shape index (κ3) is 4.43. The van der Waals surface area contributed by atoms with Gasteiger partial charge < -0.3 is 4.74 Å².